The molecule has 0 spiro atoms. The summed E-state index contributed by atoms with van der Waals surface area (Å²) in [5.41, 5.74) is 1.65. The highest BCUT2D eigenvalue weighted by atomic mass is 32.2. The van der Waals surface area contributed by atoms with Gasteiger partial charge in [0.1, 0.15) is 5.82 Å². The highest BCUT2D eigenvalue weighted by Crippen LogP contribution is 2.34. The molecule has 33 heavy (non-hydrogen) atoms. The molecule has 4 rings (SSSR count). The molecule has 0 saturated carbocycles. The molecule has 1 unspecified atom stereocenters. The van der Waals surface area contributed by atoms with Gasteiger partial charge in [0.25, 0.3) is 0 Å². The second kappa shape index (κ2) is 9.51. The summed E-state index contributed by atoms with van der Waals surface area (Å²) in [7, 11) is -3.60. The van der Waals surface area contributed by atoms with Crippen LogP contribution in [0.2, 0.25) is 0 Å². The average molecular weight is 471 g/mol. The standard InChI is InChI=1S/C24H30N4O4S/c1-3-23(29)28-18(2)16-19-17-20(7-8-21(19)28)33(31,32)15-9-24(30)27-13-11-26(12-14-27)22-6-4-5-10-25-22/h4-8,10,17-18H,3,9,11-16H2,1-2H3. The smallest absolute Gasteiger partial charge is 0.226 e. The largest absolute Gasteiger partial charge is 0.353 e. The minimum absolute atomic E-state index is 0.0109. The molecule has 1 atom stereocenters. The number of fused-ring (bicyclic) bond motifs is 1. The van der Waals surface area contributed by atoms with E-state index < -0.39 is 9.84 Å². The van der Waals surface area contributed by atoms with E-state index in [1.165, 1.54) is 0 Å². The van der Waals surface area contributed by atoms with E-state index in [4.69, 9.17) is 0 Å². The van der Waals surface area contributed by atoms with Crippen molar-refractivity contribution in [1.29, 1.82) is 0 Å². The molecule has 1 fully saturated rings. The lowest BCUT2D eigenvalue weighted by Crippen LogP contribution is -2.49. The third-order valence-corrected chi connectivity index (χ3v) is 8.10. The summed E-state index contributed by atoms with van der Waals surface area (Å²) < 4.78 is 25.9. The number of benzene rings is 1. The molecule has 0 aliphatic carbocycles. The van der Waals surface area contributed by atoms with Crippen LogP contribution in [0.1, 0.15) is 32.3 Å². The van der Waals surface area contributed by atoms with Crippen LogP contribution in [0.15, 0.2) is 47.5 Å². The Balaban J connectivity index is 1.36. The van der Waals surface area contributed by atoms with Crippen LogP contribution in [0.5, 0.6) is 0 Å². The summed E-state index contributed by atoms with van der Waals surface area (Å²) in [6.07, 6.45) is 2.74. The van der Waals surface area contributed by atoms with Gasteiger partial charge in [0.15, 0.2) is 9.84 Å². The highest BCUT2D eigenvalue weighted by molar-refractivity contribution is 7.91. The Morgan fingerprint density at radius 2 is 1.82 bits per heavy atom. The lowest BCUT2D eigenvalue weighted by atomic mass is 10.1. The van der Waals surface area contributed by atoms with Crippen molar-refractivity contribution in [2.75, 3.05) is 41.7 Å². The molecule has 0 N–H and O–H groups in total. The summed E-state index contributed by atoms with van der Waals surface area (Å²) in [5, 5.41) is 0. The summed E-state index contributed by atoms with van der Waals surface area (Å²) in [6, 6.07) is 10.7. The maximum absolute atomic E-state index is 12.9. The summed E-state index contributed by atoms with van der Waals surface area (Å²) in [5.74, 6) is 0.551. The number of pyridine rings is 1. The number of carbonyl (C=O) groups excluding carboxylic acids is 2. The first kappa shape index (κ1) is 23.2. The normalized spacial score (nSPS) is 18.4. The zero-order chi connectivity index (χ0) is 23.6. The van der Waals surface area contributed by atoms with Crippen LogP contribution in [0.4, 0.5) is 11.5 Å². The van der Waals surface area contributed by atoms with Crippen molar-refractivity contribution < 1.29 is 18.0 Å². The Labute approximate surface area is 195 Å². The fraction of sp³-hybridized carbons (Fsp3) is 0.458. The Bertz CT molecular complexity index is 1130. The van der Waals surface area contributed by atoms with E-state index in [0.29, 0.717) is 39.0 Å². The van der Waals surface area contributed by atoms with Gasteiger partial charge in [0.2, 0.25) is 11.8 Å². The maximum Gasteiger partial charge on any atom is 0.226 e. The van der Waals surface area contributed by atoms with Gasteiger partial charge in [-0.15, -0.1) is 0 Å². The number of piperazine rings is 1. The molecule has 1 saturated heterocycles. The van der Waals surface area contributed by atoms with Crippen molar-refractivity contribution in [2.24, 2.45) is 0 Å². The molecule has 0 radical (unpaired) electrons. The van der Waals surface area contributed by atoms with Crippen LogP contribution in [0.25, 0.3) is 0 Å². The minimum Gasteiger partial charge on any atom is -0.353 e. The van der Waals surface area contributed by atoms with E-state index in [2.05, 4.69) is 9.88 Å². The number of aromatic nitrogens is 1. The molecule has 1 aromatic heterocycles. The quantitative estimate of drug-likeness (QED) is 0.643. The molecule has 3 heterocycles. The van der Waals surface area contributed by atoms with Crippen LogP contribution in [0, 0.1) is 0 Å². The number of hydrogen-bond acceptors (Lipinski definition) is 6. The number of amides is 2. The molecule has 8 nitrogen and oxygen atoms in total. The van der Waals surface area contributed by atoms with Crippen molar-refractivity contribution in [3.05, 3.63) is 48.2 Å². The number of anilines is 2. The van der Waals surface area contributed by atoms with Gasteiger partial charge >= 0.3 is 0 Å². The first-order chi connectivity index (χ1) is 15.8. The zero-order valence-corrected chi connectivity index (χ0v) is 19.9. The zero-order valence-electron chi connectivity index (χ0n) is 19.1. The topological polar surface area (TPSA) is 90.9 Å². The fourth-order valence-corrected chi connectivity index (χ4v) is 5.85. The van der Waals surface area contributed by atoms with Crippen LogP contribution in [0.3, 0.4) is 0 Å². The second-order valence-corrected chi connectivity index (χ2v) is 10.7. The highest BCUT2D eigenvalue weighted by Gasteiger charge is 2.31. The molecule has 9 heteroatoms. The monoisotopic (exact) mass is 470 g/mol. The SMILES string of the molecule is CCC(=O)N1c2ccc(S(=O)(=O)CCC(=O)N3CCN(c4ccccn4)CC3)cc2CC1C. The van der Waals surface area contributed by atoms with Crippen LogP contribution < -0.4 is 9.80 Å². The summed E-state index contributed by atoms with van der Waals surface area (Å²) >= 11 is 0. The third kappa shape index (κ3) is 4.88. The van der Waals surface area contributed by atoms with E-state index in [1.807, 2.05) is 32.0 Å². The third-order valence-electron chi connectivity index (χ3n) is 6.39. The Morgan fingerprint density at radius 1 is 1.06 bits per heavy atom. The van der Waals surface area contributed by atoms with Gasteiger partial charge in [-0.1, -0.05) is 13.0 Å². The van der Waals surface area contributed by atoms with E-state index >= 15 is 0 Å². The Kier molecular flexibility index (Phi) is 6.69. The van der Waals surface area contributed by atoms with Gasteiger partial charge in [-0.2, -0.15) is 0 Å². The van der Waals surface area contributed by atoms with E-state index in [9.17, 15) is 18.0 Å². The predicted octanol–water partition coefficient (Wildman–Crippen LogP) is 2.28. The van der Waals surface area contributed by atoms with Crippen molar-refractivity contribution in [1.82, 2.24) is 9.88 Å². The van der Waals surface area contributed by atoms with Crippen LogP contribution in [-0.4, -0.2) is 68.1 Å². The average Bonchev–Trinajstić information content (AvgIpc) is 3.17. The molecule has 2 amide bonds. The molecule has 2 aromatic rings. The number of nitrogens with zero attached hydrogens (tertiary/aromatic N) is 4. The van der Waals surface area contributed by atoms with Crippen molar-refractivity contribution in [2.45, 2.75) is 44.0 Å². The number of hydrogen-bond donors (Lipinski definition) is 0. The predicted molar refractivity (Wildman–Crippen MR) is 127 cm³/mol. The molecular formula is C24H30N4O4S. The van der Waals surface area contributed by atoms with E-state index in [1.54, 1.807) is 34.2 Å². The minimum atomic E-state index is -3.60. The van der Waals surface area contributed by atoms with E-state index in [-0.39, 0.29) is 34.9 Å². The molecular weight excluding hydrogens is 440 g/mol. The number of rotatable bonds is 6. The van der Waals surface area contributed by atoms with Gasteiger partial charge in [-0.25, -0.2) is 13.4 Å². The lowest BCUT2D eigenvalue weighted by Gasteiger charge is -2.35. The lowest BCUT2D eigenvalue weighted by molar-refractivity contribution is -0.131. The van der Waals surface area contributed by atoms with Crippen LogP contribution in [-0.2, 0) is 25.8 Å². The summed E-state index contributed by atoms with van der Waals surface area (Å²) in [6.45, 7) is 6.23. The first-order valence-electron chi connectivity index (χ1n) is 11.4. The molecule has 2 aliphatic rings. The number of sulfone groups is 1. The molecule has 176 valence electrons. The van der Waals surface area contributed by atoms with Gasteiger partial charge in [-0.3, -0.25) is 9.59 Å². The maximum atomic E-state index is 12.9. The number of carbonyl (C=O) groups is 2. The van der Waals surface area contributed by atoms with Gasteiger partial charge in [-0.05, 0) is 49.2 Å². The Hall–Kier alpha value is -2.94. The van der Waals surface area contributed by atoms with Gasteiger partial charge in [0, 0.05) is 56.9 Å². The fourth-order valence-electron chi connectivity index (χ4n) is 4.57. The molecule has 2 aliphatic heterocycles. The van der Waals surface area contributed by atoms with Gasteiger partial charge in [0.05, 0.1) is 10.6 Å². The first-order valence-corrected chi connectivity index (χ1v) is 13.1. The molecule has 0 bridgehead atoms. The molecule has 1 aromatic carbocycles. The van der Waals surface area contributed by atoms with Crippen LogP contribution >= 0.6 is 0 Å². The second-order valence-electron chi connectivity index (χ2n) is 8.59. The van der Waals surface area contributed by atoms with Crippen molar-refractivity contribution in [3.8, 4) is 0 Å². The Morgan fingerprint density at radius 3 is 2.48 bits per heavy atom. The van der Waals surface area contributed by atoms with E-state index in [0.717, 1.165) is 17.1 Å². The van der Waals surface area contributed by atoms with Gasteiger partial charge < -0.3 is 14.7 Å². The van der Waals surface area contributed by atoms with Crippen molar-refractivity contribution >= 4 is 33.2 Å². The summed E-state index contributed by atoms with van der Waals surface area (Å²) in [4.78, 5) is 35.1. The van der Waals surface area contributed by atoms with Crippen molar-refractivity contribution in [3.63, 3.8) is 0 Å².